The zero-order valence-electron chi connectivity index (χ0n) is 10.2. The van der Waals surface area contributed by atoms with E-state index in [2.05, 4.69) is 10.6 Å². The van der Waals surface area contributed by atoms with Crippen LogP contribution in [0.15, 0.2) is 30.5 Å². The Hall–Kier alpha value is -1.52. The molecule has 3 N–H and O–H groups in total. The largest absolute Gasteiger partial charge is 0.394 e. The Morgan fingerprint density at radius 2 is 2.33 bits per heavy atom. The number of amides is 2. The lowest BCUT2D eigenvalue weighted by Gasteiger charge is -2.13. The second kappa shape index (κ2) is 7.74. The molecule has 0 bridgehead atoms. The molecule has 1 rings (SSSR count). The van der Waals surface area contributed by atoms with Crippen LogP contribution in [0.2, 0.25) is 5.02 Å². The van der Waals surface area contributed by atoms with Gasteiger partial charge < -0.3 is 15.7 Å². The Morgan fingerprint density at radius 1 is 1.56 bits per heavy atom. The normalized spacial score (nSPS) is 12.4. The lowest BCUT2D eigenvalue weighted by Crippen LogP contribution is -2.41. The van der Waals surface area contributed by atoms with Gasteiger partial charge in [-0.05, 0) is 30.2 Å². The van der Waals surface area contributed by atoms with Crippen LogP contribution in [0.5, 0.6) is 0 Å². The second-order valence-electron chi connectivity index (χ2n) is 3.79. The van der Waals surface area contributed by atoms with Crippen LogP contribution < -0.4 is 10.6 Å². The molecule has 0 radical (unpaired) electrons. The SMILES string of the molecule is CCC(CO)NC(=O)N/C=C/c1cccc(Cl)c1. The molecule has 1 unspecified atom stereocenters. The Kier molecular flexibility index (Phi) is 6.25. The number of halogens is 1. The van der Waals surface area contributed by atoms with Gasteiger partial charge >= 0.3 is 6.03 Å². The Balaban J connectivity index is 2.42. The van der Waals surface area contributed by atoms with Crippen molar-refractivity contribution in [1.29, 1.82) is 0 Å². The summed E-state index contributed by atoms with van der Waals surface area (Å²) in [6.07, 6.45) is 3.96. The predicted octanol–water partition coefficient (Wildman–Crippen LogP) is 2.38. The summed E-state index contributed by atoms with van der Waals surface area (Å²) in [5, 5.41) is 14.8. The molecule has 1 aromatic rings. The Morgan fingerprint density at radius 3 is 2.94 bits per heavy atom. The molecule has 1 atom stereocenters. The number of carbonyl (C=O) groups excluding carboxylic acids is 1. The lowest BCUT2D eigenvalue weighted by molar-refractivity contribution is 0.217. The van der Waals surface area contributed by atoms with E-state index in [9.17, 15) is 4.79 Å². The van der Waals surface area contributed by atoms with Gasteiger partial charge in [0.15, 0.2) is 0 Å². The highest BCUT2D eigenvalue weighted by atomic mass is 35.5. The van der Waals surface area contributed by atoms with Crippen molar-refractivity contribution in [3.05, 3.63) is 41.1 Å². The minimum absolute atomic E-state index is 0.0675. The van der Waals surface area contributed by atoms with Crippen LogP contribution in [-0.2, 0) is 0 Å². The third-order valence-electron chi connectivity index (χ3n) is 2.39. The first-order valence-corrected chi connectivity index (χ1v) is 6.13. The number of hydrogen-bond acceptors (Lipinski definition) is 2. The second-order valence-corrected chi connectivity index (χ2v) is 4.23. The number of aliphatic hydroxyl groups excluding tert-OH is 1. The van der Waals surface area contributed by atoms with Crippen LogP contribution in [0.3, 0.4) is 0 Å². The van der Waals surface area contributed by atoms with Gasteiger partial charge in [0, 0.05) is 11.2 Å². The molecule has 4 nitrogen and oxygen atoms in total. The number of urea groups is 1. The smallest absolute Gasteiger partial charge is 0.319 e. The van der Waals surface area contributed by atoms with E-state index in [0.717, 1.165) is 5.56 Å². The van der Waals surface area contributed by atoms with Crippen LogP contribution in [-0.4, -0.2) is 23.8 Å². The van der Waals surface area contributed by atoms with Crippen LogP contribution in [0.4, 0.5) is 4.79 Å². The summed E-state index contributed by atoms with van der Waals surface area (Å²) in [4.78, 5) is 11.4. The maximum atomic E-state index is 11.4. The highest BCUT2D eigenvalue weighted by Gasteiger charge is 2.06. The standard InChI is InChI=1S/C13H17ClN2O2/c1-2-12(9-17)16-13(18)15-7-6-10-4-3-5-11(14)8-10/h3-8,12,17H,2,9H2,1H3,(H2,15,16,18)/b7-6+. The number of rotatable bonds is 5. The van der Waals surface area contributed by atoms with Gasteiger partial charge in [-0.25, -0.2) is 4.79 Å². The maximum Gasteiger partial charge on any atom is 0.319 e. The summed E-state index contributed by atoms with van der Waals surface area (Å²) in [7, 11) is 0. The summed E-state index contributed by atoms with van der Waals surface area (Å²) in [5.74, 6) is 0. The first-order valence-electron chi connectivity index (χ1n) is 5.75. The van der Waals surface area contributed by atoms with Gasteiger partial charge in [-0.15, -0.1) is 0 Å². The molecule has 2 amide bonds. The number of nitrogens with one attached hydrogen (secondary N) is 2. The molecule has 5 heteroatoms. The van der Waals surface area contributed by atoms with Crippen LogP contribution in [0, 0.1) is 0 Å². The molecular formula is C13H17ClN2O2. The van der Waals surface area contributed by atoms with Gasteiger partial charge in [0.05, 0.1) is 12.6 Å². The van der Waals surface area contributed by atoms with Crippen molar-refractivity contribution in [3.63, 3.8) is 0 Å². The summed E-state index contributed by atoms with van der Waals surface area (Å²) in [5.41, 5.74) is 0.900. The van der Waals surface area contributed by atoms with Crippen LogP contribution in [0.25, 0.3) is 6.08 Å². The Labute approximate surface area is 112 Å². The molecule has 98 valence electrons. The van der Waals surface area contributed by atoms with Gasteiger partial charge in [-0.1, -0.05) is 30.7 Å². The van der Waals surface area contributed by atoms with E-state index in [1.165, 1.54) is 6.20 Å². The number of hydrogen-bond donors (Lipinski definition) is 3. The molecule has 0 heterocycles. The zero-order chi connectivity index (χ0) is 13.4. The van der Waals surface area contributed by atoms with E-state index >= 15 is 0 Å². The van der Waals surface area contributed by atoms with Crippen molar-refractivity contribution < 1.29 is 9.90 Å². The molecule has 0 saturated carbocycles. The average Bonchev–Trinajstić information content (AvgIpc) is 2.36. The van der Waals surface area contributed by atoms with E-state index in [1.54, 1.807) is 18.2 Å². The minimum atomic E-state index is -0.339. The Bertz CT molecular complexity index is 417. The van der Waals surface area contributed by atoms with Crippen LogP contribution in [0.1, 0.15) is 18.9 Å². The first kappa shape index (κ1) is 14.5. The molecule has 0 spiro atoms. The first-order chi connectivity index (χ1) is 8.65. The molecule has 0 aliphatic rings. The van der Waals surface area contributed by atoms with E-state index < -0.39 is 0 Å². The van der Waals surface area contributed by atoms with Crippen molar-refractivity contribution in [2.75, 3.05) is 6.61 Å². The molecular weight excluding hydrogens is 252 g/mol. The average molecular weight is 269 g/mol. The topological polar surface area (TPSA) is 61.4 Å². The maximum absolute atomic E-state index is 11.4. The van der Waals surface area contributed by atoms with E-state index in [1.807, 2.05) is 19.1 Å². The third kappa shape index (κ3) is 5.21. The van der Waals surface area contributed by atoms with Crippen molar-refractivity contribution in [2.45, 2.75) is 19.4 Å². The van der Waals surface area contributed by atoms with Gasteiger partial charge in [-0.3, -0.25) is 0 Å². The van der Waals surface area contributed by atoms with Crippen molar-refractivity contribution in [3.8, 4) is 0 Å². The fourth-order valence-electron chi connectivity index (χ4n) is 1.33. The minimum Gasteiger partial charge on any atom is -0.394 e. The van der Waals surface area contributed by atoms with E-state index in [0.29, 0.717) is 11.4 Å². The molecule has 0 aliphatic carbocycles. The molecule has 18 heavy (non-hydrogen) atoms. The van der Waals surface area contributed by atoms with Crippen molar-refractivity contribution in [1.82, 2.24) is 10.6 Å². The van der Waals surface area contributed by atoms with Crippen molar-refractivity contribution in [2.24, 2.45) is 0 Å². The molecule has 0 fully saturated rings. The number of aliphatic hydroxyl groups is 1. The third-order valence-corrected chi connectivity index (χ3v) is 2.62. The highest BCUT2D eigenvalue weighted by Crippen LogP contribution is 2.11. The summed E-state index contributed by atoms with van der Waals surface area (Å²) in [6.45, 7) is 1.82. The van der Waals surface area contributed by atoms with Gasteiger partial charge in [0.1, 0.15) is 0 Å². The summed E-state index contributed by atoms with van der Waals surface area (Å²) < 4.78 is 0. The quantitative estimate of drug-likeness (QED) is 0.768. The highest BCUT2D eigenvalue weighted by molar-refractivity contribution is 6.30. The monoisotopic (exact) mass is 268 g/mol. The number of benzene rings is 1. The summed E-state index contributed by atoms with van der Waals surface area (Å²) in [6, 6.07) is 6.73. The molecule has 0 saturated heterocycles. The fourth-order valence-corrected chi connectivity index (χ4v) is 1.53. The number of carbonyl (C=O) groups is 1. The molecule has 1 aromatic carbocycles. The lowest BCUT2D eigenvalue weighted by atomic mass is 10.2. The van der Waals surface area contributed by atoms with Gasteiger partial charge in [-0.2, -0.15) is 0 Å². The molecule has 0 aliphatic heterocycles. The summed E-state index contributed by atoms with van der Waals surface area (Å²) >= 11 is 5.83. The fraction of sp³-hybridized carbons (Fsp3) is 0.308. The van der Waals surface area contributed by atoms with Gasteiger partial charge in [0.2, 0.25) is 0 Å². The predicted molar refractivity (Wildman–Crippen MR) is 73.3 cm³/mol. The van der Waals surface area contributed by atoms with Gasteiger partial charge in [0.25, 0.3) is 0 Å². The van der Waals surface area contributed by atoms with E-state index in [4.69, 9.17) is 16.7 Å². The van der Waals surface area contributed by atoms with E-state index in [-0.39, 0.29) is 18.7 Å². The molecule has 0 aromatic heterocycles. The zero-order valence-corrected chi connectivity index (χ0v) is 10.9. The van der Waals surface area contributed by atoms with Crippen LogP contribution >= 0.6 is 11.6 Å². The van der Waals surface area contributed by atoms with Crippen molar-refractivity contribution >= 4 is 23.7 Å².